The van der Waals surface area contributed by atoms with Crippen LogP contribution >= 0.6 is 22.6 Å². The fourth-order valence-corrected chi connectivity index (χ4v) is 1.12. The van der Waals surface area contributed by atoms with Crippen molar-refractivity contribution in [3.63, 3.8) is 0 Å². The first kappa shape index (κ1) is 12.8. The highest BCUT2D eigenvalue weighted by Crippen LogP contribution is 1.86. The summed E-state index contributed by atoms with van der Waals surface area (Å²) >= 11 is 1.64. The molecule has 0 saturated carbocycles. The van der Waals surface area contributed by atoms with Gasteiger partial charge < -0.3 is 15.2 Å². The summed E-state index contributed by atoms with van der Waals surface area (Å²) in [5.41, 5.74) is 0. The number of nitrogens with one attached hydrogen (secondary N) is 1. The number of halogens is 1. The number of carbonyl (C=O) groups is 2. The van der Waals surface area contributed by atoms with Gasteiger partial charge >= 0.3 is 0 Å². The van der Waals surface area contributed by atoms with Crippen LogP contribution in [0.4, 0.5) is 4.79 Å². The zero-order chi connectivity index (χ0) is 10.1. The molecule has 1 amide bonds. The second kappa shape index (κ2) is 8.39. The van der Waals surface area contributed by atoms with Gasteiger partial charge in [0.05, 0.1) is 13.2 Å². The Morgan fingerprint density at radius 3 is 2.69 bits per heavy atom. The Morgan fingerprint density at radius 2 is 2.23 bits per heavy atom. The van der Waals surface area contributed by atoms with Gasteiger partial charge in [0.15, 0.2) is 0 Å². The van der Waals surface area contributed by atoms with Crippen molar-refractivity contribution in [2.24, 2.45) is 0 Å². The summed E-state index contributed by atoms with van der Waals surface area (Å²) in [6.45, 7) is 1.84. The van der Waals surface area contributed by atoms with E-state index in [2.05, 4.69) is 5.32 Å². The Kier molecular flexibility index (Phi) is 8.26. The summed E-state index contributed by atoms with van der Waals surface area (Å²) < 4.78 is -0.118. The van der Waals surface area contributed by atoms with E-state index in [4.69, 9.17) is 5.11 Å². The number of aldehydes is 1. The van der Waals surface area contributed by atoms with E-state index in [1.807, 2.05) is 0 Å². The van der Waals surface area contributed by atoms with E-state index >= 15 is 0 Å². The van der Waals surface area contributed by atoms with Gasteiger partial charge in [-0.2, -0.15) is 0 Å². The van der Waals surface area contributed by atoms with Crippen LogP contribution in [0.3, 0.4) is 0 Å². The third-order valence-corrected chi connectivity index (χ3v) is 1.82. The van der Waals surface area contributed by atoms with Gasteiger partial charge in [-0.1, -0.05) is 0 Å². The van der Waals surface area contributed by atoms with E-state index < -0.39 is 0 Å². The van der Waals surface area contributed by atoms with E-state index in [0.717, 1.165) is 6.29 Å². The Hall–Kier alpha value is -0.210. The number of hydrogen-bond donors (Lipinski definition) is 2. The molecule has 0 aromatic rings. The minimum absolute atomic E-state index is 0.0199. The first-order chi connectivity index (χ1) is 6.20. The van der Waals surface area contributed by atoms with Crippen molar-refractivity contribution in [1.29, 1.82) is 0 Å². The van der Waals surface area contributed by atoms with E-state index in [0.29, 0.717) is 19.6 Å². The molecule has 5 nitrogen and oxygen atoms in total. The van der Waals surface area contributed by atoms with Gasteiger partial charge in [0.25, 0.3) is 3.91 Å². The molecule has 0 spiro atoms. The molecule has 13 heavy (non-hydrogen) atoms. The summed E-state index contributed by atoms with van der Waals surface area (Å²) in [6.07, 6.45) is 0.779. The van der Waals surface area contributed by atoms with Crippen LogP contribution in [-0.4, -0.2) is 53.0 Å². The van der Waals surface area contributed by atoms with E-state index in [1.165, 1.54) is 0 Å². The molecule has 0 aromatic carbocycles. The summed E-state index contributed by atoms with van der Waals surface area (Å²) in [5.74, 6) is 0. The summed E-state index contributed by atoms with van der Waals surface area (Å²) in [5, 5.41) is 11.2. The zero-order valence-corrected chi connectivity index (χ0v) is 9.36. The molecule has 0 heterocycles. The highest BCUT2D eigenvalue weighted by atomic mass is 127. The molecular formula is C7H13IN2O3. The topological polar surface area (TPSA) is 69.6 Å². The Morgan fingerprint density at radius 1 is 1.54 bits per heavy atom. The Bertz CT molecular complexity index is 166. The lowest BCUT2D eigenvalue weighted by Gasteiger charge is -2.17. The van der Waals surface area contributed by atoms with Gasteiger partial charge in [-0.3, -0.25) is 9.69 Å². The fourth-order valence-electron chi connectivity index (χ4n) is 0.854. The number of nitrogens with zero attached hydrogens (tertiary/aromatic N) is 1. The van der Waals surface area contributed by atoms with Crippen LogP contribution < -0.4 is 5.32 Å². The molecule has 0 aromatic heterocycles. The van der Waals surface area contributed by atoms with Crippen molar-refractivity contribution >= 4 is 32.8 Å². The first-order valence-corrected chi connectivity index (χ1v) is 4.98. The highest BCUT2D eigenvalue weighted by Gasteiger charge is 2.02. The number of aliphatic hydroxyl groups excluding tert-OH is 1. The quantitative estimate of drug-likeness (QED) is 0.291. The van der Waals surface area contributed by atoms with Gasteiger partial charge in [-0.15, -0.1) is 0 Å². The van der Waals surface area contributed by atoms with Gasteiger partial charge in [0.1, 0.15) is 6.29 Å². The second-order valence-electron chi connectivity index (χ2n) is 2.39. The lowest BCUT2D eigenvalue weighted by molar-refractivity contribution is -0.108. The van der Waals surface area contributed by atoms with E-state index in [-0.39, 0.29) is 17.1 Å². The van der Waals surface area contributed by atoms with Crippen LogP contribution in [0.2, 0.25) is 0 Å². The number of rotatable bonds is 7. The molecule has 0 rings (SSSR count). The molecule has 0 radical (unpaired) electrons. The minimum Gasteiger partial charge on any atom is -0.395 e. The fraction of sp³-hybridized carbons (Fsp3) is 0.714. The highest BCUT2D eigenvalue weighted by molar-refractivity contribution is 14.1. The molecular weight excluding hydrogens is 287 g/mol. The minimum atomic E-state index is -0.118. The van der Waals surface area contributed by atoms with Crippen molar-refractivity contribution in [2.45, 2.75) is 0 Å². The molecule has 0 atom stereocenters. The summed E-state index contributed by atoms with van der Waals surface area (Å²) in [4.78, 5) is 22.4. The Labute approximate surface area is 90.6 Å². The molecule has 0 aliphatic heterocycles. The lowest BCUT2D eigenvalue weighted by atomic mass is 10.4. The van der Waals surface area contributed by atoms with Crippen molar-refractivity contribution in [3.05, 3.63) is 0 Å². The molecule has 0 aliphatic rings. The van der Waals surface area contributed by atoms with Crippen molar-refractivity contribution in [1.82, 2.24) is 10.2 Å². The van der Waals surface area contributed by atoms with Crippen molar-refractivity contribution in [2.75, 3.05) is 32.8 Å². The maximum Gasteiger partial charge on any atom is 0.280 e. The molecule has 76 valence electrons. The van der Waals surface area contributed by atoms with Gasteiger partial charge in [-0.05, 0) is 0 Å². The predicted octanol–water partition coefficient (Wildman–Crippen LogP) is -0.376. The number of amides is 1. The third kappa shape index (κ3) is 8.13. The average Bonchev–Trinajstić information content (AvgIpc) is 2.04. The summed E-state index contributed by atoms with van der Waals surface area (Å²) in [6, 6.07) is 0. The zero-order valence-electron chi connectivity index (χ0n) is 7.20. The average molecular weight is 300 g/mol. The van der Waals surface area contributed by atoms with Crippen LogP contribution in [0, 0.1) is 0 Å². The van der Waals surface area contributed by atoms with Crippen LogP contribution in [0.25, 0.3) is 0 Å². The molecule has 2 N–H and O–H groups in total. The van der Waals surface area contributed by atoms with E-state index in [1.54, 1.807) is 27.5 Å². The predicted molar refractivity (Wildman–Crippen MR) is 57.0 cm³/mol. The number of carbonyl (C=O) groups excluding carboxylic acids is 2. The van der Waals surface area contributed by atoms with Crippen LogP contribution in [0.15, 0.2) is 0 Å². The van der Waals surface area contributed by atoms with Crippen LogP contribution in [-0.2, 0) is 4.79 Å². The number of hydrogen-bond acceptors (Lipinski definition) is 4. The smallest absolute Gasteiger partial charge is 0.280 e. The Balaban J connectivity index is 3.55. The van der Waals surface area contributed by atoms with E-state index in [9.17, 15) is 9.59 Å². The monoisotopic (exact) mass is 300 g/mol. The maximum absolute atomic E-state index is 10.5. The number of aliphatic hydroxyl groups is 1. The van der Waals surface area contributed by atoms with Gasteiger partial charge in [0, 0.05) is 42.2 Å². The third-order valence-electron chi connectivity index (χ3n) is 1.44. The van der Waals surface area contributed by atoms with Crippen LogP contribution in [0.5, 0.6) is 0 Å². The molecule has 0 bridgehead atoms. The lowest BCUT2D eigenvalue weighted by Crippen LogP contribution is -2.35. The molecule has 0 fully saturated rings. The first-order valence-electron chi connectivity index (χ1n) is 3.91. The summed E-state index contributed by atoms with van der Waals surface area (Å²) in [7, 11) is 0. The van der Waals surface area contributed by atoms with Gasteiger partial charge in [0.2, 0.25) is 0 Å². The standard InChI is InChI=1S/C7H13IN2O3/c8-7(13)9-1-2-10(3-5-11)4-6-12/h5,12H,1-4,6H2,(H,9,13). The SMILES string of the molecule is O=CCN(CCO)CCNC(=O)I. The second-order valence-corrected chi connectivity index (χ2v) is 3.37. The van der Waals surface area contributed by atoms with Gasteiger partial charge in [-0.25, -0.2) is 0 Å². The van der Waals surface area contributed by atoms with Crippen molar-refractivity contribution in [3.8, 4) is 0 Å². The molecule has 0 aliphatic carbocycles. The van der Waals surface area contributed by atoms with Crippen LogP contribution in [0.1, 0.15) is 0 Å². The maximum atomic E-state index is 10.5. The largest absolute Gasteiger partial charge is 0.395 e. The molecule has 0 saturated heterocycles. The normalized spacial score (nSPS) is 10.1. The van der Waals surface area contributed by atoms with Crippen molar-refractivity contribution < 1.29 is 14.7 Å². The molecule has 0 unspecified atom stereocenters. The molecule has 6 heteroatoms.